The minimum absolute atomic E-state index is 0.508. The van der Waals surface area contributed by atoms with E-state index in [1.165, 1.54) is 0 Å². The minimum Gasteiger partial charge on any atom is -0.389 e. The summed E-state index contributed by atoms with van der Waals surface area (Å²) in [5.41, 5.74) is 1.74. The molecule has 0 aliphatic heterocycles. The largest absolute Gasteiger partial charge is 0.389 e. The van der Waals surface area contributed by atoms with Crippen molar-refractivity contribution >= 4 is 11.6 Å². The Kier molecular flexibility index (Phi) is 3.49. The number of rotatable bonds is 4. The summed E-state index contributed by atoms with van der Waals surface area (Å²) in [6.45, 7) is 4.02. The first kappa shape index (κ1) is 11.7. The molecule has 84 valence electrons. The highest BCUT2D eigenvalue weighted by molar-refractivity contribution is 5.46. The Labute approximate surface area is 89.9 Å². The van der Waals surface area contributed by atoms with Gasteiger partial charge in [-0.05, 0) is 26.0 Å². The van der Waals surface area contributed by atoms with Crippen molar-refractivity contribution in [3.8, 4) is 0 Å². The van der Waals surface area contributed by atoms with E-state index in [2.05, 4.69) is 10.4 Å². The zero-order valence-electron chi connectivity index (χ0n) is 9.36. The number of anilines is 2. The van der Waals surface area contributed by atoms with Crippen LogP contribution in [0, 0.1) is 0 Å². The third-order valence-corrected chi connectivity index (χ3v) is 1.90. The van der Waals surface area contributed by atoms with Crippen molar-refractivity contribution in [2.24, 2.45) is 5.84 Å². The molecule has 4 N–H and O–H groups in total. The Balaban J connectivity index is 2.77. The normalized spacial score (nSPS) is 11.3. The van der Waals surface area contributed by atoms with Crippen LogP contribution in [0.3, 0.4) is 0 Å². The van der Waals surface area contributed by atoms with E-state index in [9.17, 15) is 5.11 Å². The molecular formula is C10H18N4O. The average Bonchev–Trinajstić information content (AvgIpc) is 2.15. The molecule has 0 bridgehead atoms. The van der Waals surface area contributed by atoms with Crippen LogP contribution in [0.15, 0.2) is 18.2 Å². The van der Waals surface area contributed by atoms with Gasteiger partial charge in [-0.15, -0.1) is 0 Å². The van der Waals surface area contributed by atoms with Gasteiger partial charge in [-0.3, -0.25) is 0 Å². The molecule has 0 atom stereocenters. The van der Waals surface area contributed by atoms with Gasteiger partial charge in [0.05, 0.1) is 5.60 Å². The predicted molar refractivity (Wildman–Crippen MR) is 61.6 cm³/mol. The molecule has 0 aliphatic carbocycles. The molecule has 5 nitrogen and oxygen atoms in total. The Hall–Kier alpha value is -1.33. The summed E-state index contributed by atoms with van der Waals surface area (Å²) in [5, 5.41) is 9.67. The predicted octanol–water partition coefficient (Wildman–Crippen LogP) is 0.574. The zero-order chi connectivity index (χ0) is 11.5. The summed E-state index contributed by atoms with van der Waals surface area (Å²) in [6, 6.07) is 5.51. The van der Waals surface area contributed by atoms with Gasteiger partial charge in [0, 0.05) is 13.6 Å². The van der Waals surface area contributed by atoms with Crippen LogP contribution in [0.5, 0.6) is 0 Å². The highest BCUT2D eigenvalue weighted by Crippen LogP contribution is 2.14. The molecule has 1 aromatic heterocycles. The van der Waals surface area contributed by atoms with Gasteiger partial charge in [0.1, 0.15) is 11.6 Å². The maximum absolute atomic E-state index is 9.67. The highest BCUT2D eigenvalue weighted by atomic mass is 16.3. The van der Waals surface area contributed by atoms with Gasteiger partial charge >= 0.3 is 0 Å². The van der Waals surface area contributed by atoms with Gasteiger partial charge in [0.2, 0.25) is 0 Å². The first-order valence-electron chi connectivity index (χ1n) is 4.79. The molecule has 0 amide bonds. The smallest absolute Gasteiger partial charge is 0.142 e. The van der Waals surface area contributed by atoms with E-state index in [1.807, 2.05) is 24.1 Å². The average molecular weight is 210 g/mol. The van der Waals surface area contributed by atoms with Gasteiger partial charge in [-0.1, -0.05) is 6.07 Å². The maximum Gasteiger partial charge on any atom is 0.142 e. The van der Waals surface area contributed by atoms with E-state index in [1.54, 1.807) is 19.9 Å². The number of pyridine rings is 1. The Morgan fingerprint density at radius 3 is 2.73 bits per heavy atom. The second-order valence-electron chi connectivity index (χ2n) is 4.19. The Bertz CT molecular complexity index is 321. The number of aliphatic hydroxyl groups is 1. The summed E-state index contributed by atoms with van der Waals surface area (Å²) in [7, 11) is 1.88. The topological polar surface area (TPSA) is 74.4 Å². The number of nitrogens with two attached hydrogens (primary N) is 1. The van der Waals surface area contributed by atoms with Gasteiger partial charge in [0.25, 0.3) is 0 Å². The third-order valence-electron chi connectivity index (χ3n) is 1.90. The number of likely N-dealkylation sites (N-methyl/N-ethyl adjacent to an activating group) is 1. The molecule has 1 aromatic rings. The number of nitrogens with one attached hydrogen (secondary N) is 1. The van der Waals surface area contributed by atoms with Crippen molar-refractivity contribution in [3.63, 3.8) is 0 Å². The van der Waals surface area contributed by atoms with E-state index in [0.717, 1.165) is 5.82 Å². The molecular weight excluding hydrogens is 192 g/mol. The lowest BCUT2D eigenvalue weighted by atomic mass is 10.1. The summed E-state index contributed by atoms with van der Waals surface area (Å²) in [4.78, 5) is 6.13. The molecule has 0 aromatic carbocycles. The SMILES string of the molecule is CN(CC(C)(C)O)c1cccc(NN)n1. The quantitative estimate of drug-likeness (QED) is 0.500. The zero-order valence-corrected chi connectivity index (χ0v) is 9.36. The van der Waals surface area contributed by atoms with Crippen molar-refractivity contribution in [2.75, 3.05) is 23.9 Å². The van der Waals surface area contributed by atoms with E-state index < -0.39 is 5.60 Å². The molecule has 0 saturated heterocycles. The summed E-state index contributed by atoms with van der Waals surface area (Å²) in [5.74, 6) is 6.64. The lowest BCUT2D eigenvalue weighted by molar-refractivity contribution is 0.0884. The lowest BCUT2D eigenvalue weighted by Crippen LogP contribution is -2.36. The molecule has 0 aliphatic rings. The molecule has 0 fully saturated rings. The van der Waals surface area contributed by atoms with Crippen LogP contribution in [0.4, 0.5) is 11.6 Å². The summed E-state index contributed by atoms with van der Waals surface area (Å²) < 4.78 is 0. The van der Waals surface area contributed by atoms with Crippen LogP contribution in [0.25, 0.3) is 0 Å². The fourth-order valence-corrected chi connectivity index (χ4v) is 1.38. The lowest BCUT2D eigenvalue weighted by Gasteiger charge is -2.26. The monoisotopic (exact) mass is 210 g/mol. The van der Waals surface area contributed by atoms with Crippen molar-refractivity contribution in [1.29, 1.82) is 0 Å². The minimum atomic E-state index is -0.747. The van der Waals surface area contributed by atoms with E-state index in [0.29, 0.717) is 12.4 Å². The fraction of sp³-hybridized carbons (Fsp3) is 0.500. The Morgan fingerprint density at radius 2 is 2.20 bits per heavy atom. The number of nitrogens with zero attached hydrogens (tertiary/aromatic N) is 2. The molecule has 1 heterocycles. The van der Waals surface area contributed by atoms with Gasteiger partial charge in [0.15, 0.2) is 0 Å². The third kappa shape index (κ3) is 3.73. The van der Waals surface area contributed by atoms with Gasteiger partial charge < -0.3 is 15.4 Å². The van der Waals surface area contributed by atoms with Crippen molar-refractivity contribution < 1.29 is 5.11 Å². The highest BCUT2D eigenvalue weighted by Gasteiger charge is 2.16. The van der Waals surface area contributed by atoms with Crippen molar-refractivity contribution in [2.45, 2.75) is 19.4 Å². The second kappa shape index (κ2) is 4.46. The van der Waals surface area contributed by atoms with Crippen LogP contribution >= 0.6 is 0 Å². The van der Waals surface area contributed by atoms with Crippen molar-refractivity contribution in [3.05, 3.63) is 18.2 Å². The van der Waals surface area contributed by atoms with Crippen molar-refractivity contribution in [1.82, 2.24) is 4.98 Å². The standard InChI is InChI=1S/C10H18N4O/c1-10(2,15)7-14(3)9-6-4-5-8(12-9)13-11/h4-6,15H,7,11H2,1-3H3,(H,12,13). The summed E-state index contributed by atoms with van der Waals surface area (Å²) >= 11 is 0. The van der Waals surface area contributed by atoms with Gasteiger partial charge in [-0.2, -0.15) is 0 Å². The summed E-state index contributed by atoms with van der Waals surface area (Å²) in [6.07, 6.45) is 0. The fourth-order valence-electron chi connectivity index (χ4n) is 1.38. The first-order chi connectivity index (χ1) is 6.92. The molecule has 15 heavy (non-hydrogen) atoms. The van der Waals surface area contributed by atoms with Crippen LogP contribution in [-0.4, -0.2) is 29.3 Å². The van der Waals surface area contributed by atoms with E-state index >= 15 is 0 Å². The van der Waals surface area contributed by atoms with E-state index in [-0.39, 0.29) is 0 Å². The van der Waals surface area contributed by atoms with Crippen LogP contribution in [0.1, 0.15) is 13.8 Å². The second-order valence-corrected chi connectivity index (χ2v) is 4.19. The van der Waals surface area contributed by atoms with Crippen LogP contribution < -0.4 is 16.2 Å². The van der Waals surface area contributed by atoms with Crippen LogP contribution in [-0.2, 0) is 0 Å². The molecule has 0 spiro atoms. The number of hydrazine groups is 1. The number of hydrogen-bond acceptors (Lipinski definition) is 5. The molecule has 1 rings (SSSR count). The number of hydrogen-bond donors (Lipinski definition) is 3. The number of aromatic nitrogens is 1. The first-order valence-corrected chi connectivity index (χ1v) is 4.79. The molecule has 0 unspecified atom stereocenters. The molecule has 0 radical (unpaired) electrons. The van der Waals surface area contributed by atoms with Crippen LogP contribution in [0.2, 0.25) is 0 Å². The number of nitrogen functional groups attached to an aromatic ring is 1. The molecule has 5 heteroatoms. The van der Waals surface area contributed by atoms with E-state index in [4.69, 9.17) is 5.84 Å². The van der Waals surface area contributed by atoms with Gasteiger partial charge in [-0.25, -0.2) is 10.8 Å². The Morgan fingerprint density at radius 1 is 1.53 bits per heavy atom. The molecule has 0 saturated carbocycles. The maximum atomic E-state index is 9.67.